The first-order chi connectivity index (χ1) is 14.0. The zero-order chi connectivity index (χ0) is 20.8. The van der Waals surface area contributed by atoms with Gasteiger partial charge in [0.15, 0.2) is 0 Å². The molecule has 29 heavy (non-hydrogen) atoms. The van der Waals surface area contributed by atoms with Crippen molar-refractivity contribution in [2.75, 3.05) is 44.2 Å². The average molecular weight is 418 g/mol. The molecule has 0 radical (unpaired) electrons. The van der Waals surface area contributed by atoms with Crippen molar-refractivity contribution < 1.29 is 14.7 Å². The third kappa shape index (κ3) is 5.88. The zero-order valence-corrected chi connectivity index (χ0v) is 18.6. The van der Waals surface area contributed by atoms with Crippen molar-refractivity contribution in [1.82, 2.24) is 0 Å². The van der Waals surface area contributed by atoms with Crippen LogP contribution in [0.1, 0.15) is 37.3 Å². The lowest BCUT2D eigenvalue weighted by atomic mass is 9.98. The Morgan fingerprint density at radius 2 is 1.90 bits per heavy atom. The maximum Gasteiger partial charge on any atom is 0.137 e. The summed E-state index contributed by atoms with van der Waals surface area (Å²) in [4.78, 5) is 3.82. The summed E-state index contributed by atoms with van der Waals surface area (Å²) in [5.41, 5.74) is 3.70. The quantitative estimate of drug-likeness (QED) is 0.692. The number of aliphatic hydroxyl groups is 1. The first-order valence-electron chi connectivity index (χ1n) is 10.7. The molecule has 2 aromatic carbocycles. The van der Waals surface area contributed by atoms with Crippen LogP contribution in [-0.4, -0.2) is 50.5 Å². The average Bonchev–Trinajstić information content (AvgIpc) is 2.74. The molecule has 1 fully saturated rings. The van der Waals surface area contributed by atoms with E-state index in [0.29, 0.717) is 19.1 Å². The highest BCUT2D eigenvalue weighted by Gasteiger charge is 2.24. The standard InChI is InChI=1S/C24H33ClN2O2/c1-4-18(2)22-7-5-6-8-24(22)29-17-21(28)16-26-11-13-27(14-12-26)23-15-20(25)10-9-19(23)3/h5-10,15,18,21,28H,4,11-14,16-17H2,1-3H3/p+1/t18-,21-/m0/s1. The van der Waals surface area contributed by atoms with E-state index in [9.17, 15) is 5.11 Å². The number of hydrogen-bond donors (Lipinski definition) is 2. The Balaban J connectivity index is 1.48. The van der Waals surface area contributed by atoms with Crippen LogP contribution < -0.4 is 14.5 Å². The van der Waals surface area contributed by atoms with Crippen LogP contribution in [0.3, 0.4) is 0 Å². The van der Waals surface area contributed by atoms with E-state index in [4.69, 9.17) is 16.3 Å². The molecular formula is C24H34ClN2O2+. The Labute approximate surface area is 180 Å². The number of rotatable bonds is 8. The van der Waals surface area contributed by atoms with E-state index in [0.717, 1.165) is 43.4 Å². The molecule has 1 aliphatic heterocycles. The molecule has 2 atom stereocenters. The van der Waals surface area contributed by atoms with Crippen LogP contribution in [0.4, 0.5) is 5.69 Å². The second-order valence-corrected chi connectivity index (χ2v) is 8.62. The van der Waals surface area contributed by atoms with Gasteiger partial charge in [-0.25, -0.2) is 0 Å². The zero-order valence-electron chi connectivity index (χ0n) is 17.8. The monoisotopic (exact) mass is 417 g/mol. The van der Waals surface area contributed by atoms with E-state index in [1.165, 1.54) is 21.7 Å². The normalized spacial score (nSPS) is 17.2. The number of aryl methyl sites for hydroxylation is 1. The summed E-state index contributed by atoms with van der Waals surface area (Å²) in [7, 11) is 0. The number of ether oxygens (including phenoxy) is 1. The second kappa shape index (κ2) is 10.3. The molecule has 0 unspecified atom stereocenters. The van der Waals surface area contributed by atoms with Gasteiger partial charge in [-0.15, -0.1) is 0 Å². The summed E-state index contributed by atoms with van der Waals surface area (Å²) in [6, 6.07) is 14.3. The topological polar surface area (TPSA) is 37.1 Å². The minimum absolute atomic E-state index is 0.341. The Morgan fingerprint density at radius 3 is 2.62 bits per heavy atom. The van der Waals surface area contributed by atoms with Gasteiger partial charge in [0.25, 0.3) is 0 Å². The van der Waals surface area contributed by atoms with Crippen molar-refractivity contribution in [3.8, 4) is 5.75 Å². The summed E-state index contributed by atoms with van der Waals surface area (Å²) in [6.45, 7) is 11.5. The largest absolute Gasteiger partial charge is 0.490 e. The van der Waals surface area contributed by atoms with Gasteiger partial charge in [0.1, 0.15) is 25.0 Å². The third-order valence-electron chi connectivity index (χ3n) is 6.00. The van der Waals surface area contributed by atoms with E-state index in [-0.39, 0.29) is 0 Å². The molecule has 4 nitrogen and oxygen atoms in total. The van der Waals surface area contributed by atoms with Crippen LogP contribution in [-0.2, 0) is 0 Å². The molecule has 0 saturated carbocycles. The summed E-state index contributed by atoms with van der Waals surface area (Å²) >= 11 is 6.18. The number of para-hydroxylation sites is 1. The predicted molar refractivity (Wildman–Crippen MR) is 121 cm³/mol. The summed E-state index contributed by atoms with van der Waals surface area (Å²) < 4.78 is 5.99. The number of nitrogens with one attached hydrogen (secondary N) is 1. The van der Waals surface area contributed by atoms with E-state index in [1.807, 2.05) is 18.2 Å². The lowest BCUT2D eigenvalue weighted by Crippen LogP contribution is -3.16. The highest BCUT2D eigenvalue weighted by atomic mass is 35.5. The van der Waals surface area contributed by atoms with Crippen molar-refractivity contribution in [3.63, 3.8) is 0 Å². The molecule has 2 aromatic rings. The van der Waals surface area contributed by atoms with Crippen LogP contribution in [0.5, 0.6) is 5.75 Å². The fraction of sp³-hybridized carbons (Fsp3) is 0.500. The molecule has 158 valence electrons. The summed E-state index contributed by atoms with van der Waals surface area (Å²) in [6.07, 6.45) is 0.609. The maximum absolute atomic E-state index is 10.5. The molecule has 1 aliphatic rings. The first-order valence-corrected chi connectivity index (χ1v) is 11.1. The van der Waals surface area contributed by atoms with E-state index in [1.54, 1.807) is 0 Å². The van der Waals surface area contributed by atoms with Crippen LogP contribution in [0.25, 0.3) is 0 Å². The SMILES string of the molecule is CC[C@H](C)c1ccccc1OC[C@@H](O)C[NH+]1CCN(c2cc(Cl)ccc2C)CC1. The van der Waals surface area contributed by atoms with Gasteiger partial charge < -0.3 is 19.6 Å². The Hall–Kier alpha value is -1.75. The maximum atomic E-state index is 10.5. The van der Waals surface area contributed by atoms with Gasteiger partial charge in [0.2, 0.25) is 0 Å². The van der Waals surface area contributed by atoms with Gasteiger partial charge in [-0.2, -0.15) is 0 Å². The minimum atomic E-state index is -0.463. The fourth-order valence-corrected chi connectivity index (χ4v) is 4.17. The number of hydrogen-bond acceptors (Lipinski definition) is 3. The molecule has 0 bridgehead atoms. The Bertz CT molecular complexity index is 790. The van der Waals surface area contributed by atoms with Gasteiger partial charge in [-0.05, 0) is 48.6 Å². The number of halogens is 1. The first kappa shape index (κ1) is 21.9. The Morgan fingerprint density at radius 1 is 1.17 bits per heavy atom. The summed E-state index contributed by atoms with van der Waals surface area (Å²) in [5, 5.41) is 11.3. The van der Waals surface area contributed by atoms with Gasteiger partial charge in [-0.3, -0.25) is 0 Å². The number of nitrogens with zero attached hydrogens (tertiary/aromatic N) is 1. The van der Waals surface area contributed by atoms with E-state index < -0.39 is 6.10 Å². The molecule has 0 spiro atoms. The number of quaternary nitrogens is 1. The second-order valence-electron chi connectivity index (χ2n) is 8.18. The number of aliphatic hydroxyl groups excluding tert-OH is 1. The molecule has 0 aliphatic carbocycles. The van der Waals surface area contributed by atoms with Gasteiger partial charge in [0, 0.05) is 10.7 Å². The van der Waals surface area contributed by atoms with Crippen molar-refractivity contribution in [3.05, 3.63) is 58.6 Å². The minimum Gasteiger partial charge on any atom is -0.490 e. The van der Waals surface area contributed by atoms with Gasteiger partial charge in [0.05, 0.1) is 26.2 Å². The molecule has 0 aromatic heterocycles. The van der Waals surface area contributed by atoms with Crippen molar-refractivity contribution in [1.29, 1.82) is 0 Å². The smallest absolute Gasteiger partial charge is 0.137 e. The van der Waals surface area contributed by atoms with E-state index in [2.05, 4.69) is 49.9 Å². The van der Waals surface area contributed by atoms with Crippen LogP contribution in [0.15, 0.2) is 42.5 Å². The number of benzene rings is 2. The van der Waals surface area contributed by atoms with Crippen molar-refractivity contribution >= 4 is 17.3 Å². The molecule has 3 rings (SSSR count). The highest BCUT2D eigenvalue weighted by Crippen LogP contribution is 2.28. The van der Waals surface area contributed by atoms with Crippen molar-refractivity contribution in [2.45, 2.75) is 39.2 Å². The Kier molecular flexibility index (Phi) is 7.82. The third-order valence-corrected chi connectivity index (χ3v) is 6.24. The van der Waals surface area contributed by atoms with Gasteiger partial charge in [-0.1, -0.05) is 49.7 Å². The number of anilines is 1. The van der Waals surface area contributed by atoms with Crippen LogP contribution in [0.2, 0.25) is 5.02 Å². The van der Waals surface area contributed by atoms with E-state index >= 15 is 0 Å². The molecule has 1 heterocycles. The molecule has 2 N–H and O–H groups in total. The molecule has 5 heteroatoms. The summed E-state index contributed by atoms with van der Waals surface area (Å²) in [5.74, 6) is 1.36. The molecule has 0 amide bonds. The lowest BCUT2D eigenvalue weighted by Gasteiger charge is -2.35. The van der Waals surface area contributed by atoms with Crippen LogP contribution in [0, 0.1) is 6.92 Å². The highest BCUT2D eigenvalue weighted by molar-refractivity contribution is 6.30. The molecular weight excluding hydrogens is 384 g/mol. The predicted octanol–water partition coefficient (Wildman–Crippen LogP) is 3.31. The van der Waals surface area contributed by atoms with Crippen LogP contribution >= 0.6 is 11.6 Å². The fourth-order valence-electron chi connectivity index (χ4n) is 4.01. The number of piperazine rings is 1. The van der Waals surface area contributed by atoms with Gasteiger partial charge >= 0.3 is 0 Å². The molecule has 1 saturated heterocycles. The van der Waals surface area contributed by atoms with Crippen molar-refractivity contribution in [2.24, 2.45) is 0 Å². The lowest BCUT2D eigenvalue weighted by molar-refractivity contribution is -0.903.